The summed E-state index contributed by atoms with van der Waals surface area (Å²) >= 11 is 0. The van der Waals surface area contributed by atoms with E-state index in [0.29, 0.717) is 11.6 Å². The number of hydrogen-bond donors (Lipinski definition) is 3. The van der Waals surface area contributed by atoms with Gasteiger partial charge in [0.15, 0.2) is 5.82 Å². The highest BCUT2D eigenvalue weighted by molar-refractivity contribution is 5.74. The molecule has 124 valence electrons. The molecule has 2 amide bonds. The van der Waals surface area contributed by atoms with Gasteiger partial charge >= 0.3 is 6.03 Å². The van der Waals surface area contributed by atoms with Crippen LogP contribution in [-0.4, -0.2) is 45.2 Å². The van der Waals surface area contributed by atoms with Crippen molar-refractivity contribution in [1.29, 1.82) is 0 Å². The van der Waals surface area contributed by atoms with E-state index >= 15 is 0 Å². The van der Waals surface area contributed by atoms with Gasteiger partial charge in [0, 0.05) is 13.6 Å². The maximum Gasteiger partial charge on any atom is 0.315 e. The van der Waals surface area contributed by atoms with Crippen molar-refractivity contribution in [2.75, 3.05) is 13.2 Å². The normalized spacial score (nSPS) is 13.2. The topological polar surface area (TPSA) is 101 Å². The van der Waals surface area contributed by atoms with Crippen molar-refractivity contribution in [3.8, 4) is 5.75 Å². The highest BCUT2D eigenvalue weighted by Crippen LogP contribution is 2.08. The average Bonchev–Trinajstić information content (AvgIpc) is 2.98. The van der Waals surface area contributed by atoms with E-state index in [1.54, 1.807) is 37.0 Å². The molecule has 0 aliphatic heterocycles. The van der Waals surface area contributed by atoms with E-state index in [1.165, 1.54) is 0 Å². The molecule has 0 radical (unpaired) electrons. The van der Waals surface area contributed by atoms with Crippen LogP contribution < -0.4 is 15.4 Å². The van der Waals surface area contributed by atoms with Crippen LogP contribution in [0.25, 0.3) is 0 Å². The highest BCUT2D eigenvalue weighted by atomic mass is 16.5. The lowest BCUT2D eigenvalue weighted by Gasteiger charge is -2.16. The smallest absolute Gasteiger partial charge is 0.315 e. The van der Waals surface area contributed by atoms with Crippen molar-refractivity contribution in [1.82, 2.24) is 25.4 Å². The molecule has 23 heavy (non-hydrogen) atoms. The fourth-order valence-electron chi connectivity index (χ4n) is 1.97. The standard InChI is InChI=1S/C15H21N5O3/c1-11(14-19-17-10-20(14)2)18-15(22)16-8-12(21)9-23-13-6-4-3-5-7-13/h3-7,10-12,21H,8-9H2,1-2H3,(H2,16,18,22)/t11-,12-/m1/s1. The summed E-state index contributed by atoms with van der Waals surface area (Å²) in [6, 6.07) is 8.50. The van der Waals surface area contributed by atoms with E-state index in [1.807, 2.05) is 18.2 Å². The number of carbonyl (C=O) groups excluding carboxylic acids is 1. The average molecular weight is 319 g/mol. The minimum absolute atomic E-state index is 0.0875. The summed E-state index contributed by atoms with van der Waals surface area (Å²) in [5.74, 6) is 1.32. The Hall–Kier alpha value is -2.61. The maximum atomic E-state index is 11.8. The summed E-state index contributed by atoms with van der Waals surface area (Å²) < 4.78 is 7.14. The predicted octanol–water partition coefficient (Wildman–Crippen LogP) is 0.615. The monoisotopic (exact) mass is 319 g/mol. The molecule has 1 aromatic heterocycles. The lowest BCUT2D eigenvalue weighted by atomic mass is 10.3. The summed E-state index contributed by atoms with van der Waals surface area (Å²) in [5.41, 5.74) is 0. The van der Waals surface area contributed by atoms with Gasteiger partial charge in [-0.25, -0.2) is 4.79 Å². The van der Waals surface area contributed by atoms with Crippen LogP contribution in [0.5, 0.6) is 5.75 Å². The lowest BCUT2D eigenvalue weighted by molar-refractivity contribution is 0.107. The Morgan fingerprint density at radius 2 is 2.13 bits per heavy atom. The summed E-state index contributed by atoms with van der Waals surface area (Å²) in [7, 11) is 1.80. The number of rotatable bonds is 7. The predicted molar refractivity (Wildman–Crippen MR) is 83.9 cm³/mol. The maximum absolute atomic E-state index is 11.8. The van der Waals surface area contributed by atoms with Gasteiger partial charge in [-0.3, -0.25) is 0 Å². The van der Waals surface area contributed by atoms with Crippen LogP contribution in [0.15, 0.2) is 36.7 Å². The first kappa shape index (κ1) is 16.8. The first-order valence-electron chi connectivity index (χ1n) is 7.30. The molecule has 0 fully saturated rings. The number of ether oxygens (including phenoxy) is 1. The molecule has 0 aliphatic rings. The van der Waals surface area contributed by atoms with Crippen molar-refractivity contribution >= 4 is 6.03 Å². The Balaban J connectivity index is 1.68. The minimum Gasteiger partial charge on any atom is -0.491 e. The number of aliphatic hydroxyl groups excluding tert-OH is 1. The van der Waals surface area contributed by atoms with Gasteiger partial charge in [-0.05, 0) is 19.1 Å². The van der Waals surface area contributed by atoms with E-state index in [0.717, 1.165) is 0 Å². The van der Waals surface area contributed by atoms with Gasteiger partial charge in [0.05, 0.1) is 6.04 Å². The number of aliphatic hydroxyl groups is 1. The minimum atomic E-state index is -0.800. The third kappa shape index (κ3) is 5.26. The number of carbonyl (C=O) groups is 1. The van der Waals surface area contributed by atoms with Gasteiger partial charge in [-0.1, -0.05) is 18.2 Å². The first-order valence-corrected chi connectivity index (χ1v) is 7.30. The second kappa shape index (κ2) is 8.14. The fourth-order valence-corrected chi connectivity index (χ4v) is 1.97. The van der Waals surface area contributed by atoms with Crippen LogP contribution in [0.4, 0.5) is 4.79 Å². The summed E-state index contributed by atoms with van der Waals surface area (Å²) in [5, 5.41) is 22.8. The Kier molecular flexibility index (Phi) is 5.93. The SMILES string of the molecule is C[C@@H](NC(=O)NC[C@@H](O)COc1ccccc1)c1nncn1C. The second-order valence-electron chi connectivity index (χ2n) is 5.15. The number of benzene rings is 1. The van der Waals surface area contributed by atoms with Gasteiger partial charge < -0.3 is 25.0 Å². The van der Waals surface area contributed by atoms with Crippen LogP contribution in [0.2, 0.25) is 0 Å². The third-order valence-electron chi connectivity index (χ3n) is 3.17. The number of urea groups is 1. The Morgan fingerprint density at radius 3 is 2.78 bits per heavy atom. The second-order valence-corrected chi connectivity index (χ2v) is 5.15. The molecule has 1 aromatic carbocycles. The van der Waals surface area contributed by atoms with Gasteiger partial charge in [0.25, 0.3) is 0 Å². The molecule has 8 heteroatoms. The molecule has 0 saturated carbocycles. The summed E-state index contributed by atoms with van der Waals surface area (Å²) in [6.45, 7) is 1.99. The van der Waals surface area contributed by atoms with Crippen LogP contribution in [-0.2, 0) is 7.05 Å². The van der Waals surface area contributed by atoms with Gasteiger partial charge in [-0.15, -0.1) is 10.2 Å². The molecule has 0 spiro atoms. The largest absolute Gasteiger partial charge is 0.491 e. The van der Waals surface area contributed by atoms with Crippen LogP contribution in [0.1, 0.15) is 18.8 Å². The number of nitrogens with zero attached hydrogens (tertiary/aromatic N) is 3. The number of hydrogen-bond acceptors (Lipinski definition) is 5. The van der Waals surface area contributed by atoms with Gasteiger partial charge in [0.1, 0.15) is 24.8 Å². The van der Waals surface area contributed by atoms with Crippen molar-refractivity contribution in [2.45, 2.75) is 19.1 Å². The number of aromatic nitrogens is 3. The summed E-state index contributed by atoms with van der Waals surface area (Å²) in [4.78, 5) is 11.8. The molecule has 0 saturated heterocycles. The van der Waals surface area contributed by atoms with E-state index in [4.69, 9.17) is 4.74 Å². The van der Waals surface area contributed by atoms with E-state index < -0.39 is 6.10 Å². The molecule has 2 atom stereocenters. The molecular formula is C15H21N5O3. The zero-order valence-electron chi connectivity index (χ0n) is 13.1. The van der Waals surface area contributed by atoms with Crippen LogP contribution >= 0.6 is 0 Å². The number of aryl methyl sites for hydroxylation is 1. The van der Waals surface area contributed by atoms with Crippen molar-refractivity contribution in [3.63, 3.8) is 0 Å². The fraction of sp³-hybridized carbons (Fsp3) is 0.400. The molecule has 0 bridgehead atoms. The third-order valence-corrected chi connectivity index (χ3v) is 3.17. The number of nitrogens with one attached hydrogen (secondary N) is 2. The Labute approximate surface area is 134 Å². The van der Waals surface area contributed by atoms with Crippen molar-refractivity contribution in [3.05, 3.63) is 42.5 Å². The molecule has 8 nitrogen and oxygen atoms in total. The molecule has 2 rings (SSSR count). The molecule has 0 unspecified atom stereocenters. The van der Waals surface area contributed by atoms with Gasteiger partial charge in [0.2, 0.25) is 0 Å². The van der Waals surface area contributed by atoms with Crippen LogP contribution in [0.3, 0.4) is 0 Å². The first-order chi connectivity index (χ1) is 11.1. The molecule has 0 aliphatic carbocycles. The molecule has 3 N–H and O–H groups in total. The van der Waals surface area contributed by atoms with Gasteiger partial charge in [-0.2, -0.15) is 0 Å². The number of amides is 2. The zero-order valence-corrected chi connectivity index (χ0v) is 13.1. The molecular weight excluding hydrogens is 298 g/mol. The number of para-hydroxylation sites is 1. The molecule has 2 aromatic rings. The van der Waals surface area contributed by atoms with Crippen LogP contribution in [0, 0.1) is 0 Å². The zero-order chi connectivity index (χ0) is 16.7. The Bertz CT molecular complexity index is 617. The lowest BCUT2D eigenvalue weighted by Crippen LogP contribution is -2.42. The van der Waals surface area contributed by atoms with Crippen molar-refractivity contribution in [2.24, 2.45) is 7.05 Å². The summed E-state index contributed by atoms with van der Waals surface area (Å²) in [6.07, 6.45) is 0.766. The molecule has 1 heterocycles. The van der Waals surface area contributed by atoms with Crippen molar-refractivity contribution < 1.29 is 14.6 Å². The van der Waals surface area contributed by atoms with E-state index in [2.05, 4.69) is 20.8 Å². The van der Waals surface area contributed by atoms with E-state index in [9.17, 15) is 9.90 Å². The Morgan fingerprint density at radius 1 is 1.39 bits per heavy atom. The highest BCUT2D eigenvalue weighted by Gasteiger charge is 2.15. The van der Waals surface area contributed by atoms with E-state index in [-0.39, 0.29) is 25.2 Å². The quantitative estimate of drug-likeness (QED) is 0.694.